The fourth-order valence-corrected chi connectivity index (χ4v) is 2.35. The Bertz CT molecular complexity index is 643. The van der Waals surface area contributed by atoms with Gasteiger partial charge in [-0.1, -0.05) is 30.3 Å². The molecule has 2 aromatic rings. The van der Waals surface area contributed by atoms with Gasteiger partial charge in [0, 0.05) is 12.1 Å². The van der Waals surface area contributed by atoms with Crippen LogP contribution in [0.2, 0.25) is 0 Å². The van der Waals surface area contributed by atoms with Crippen LogP contribution in [0.3, 0.4) is 0 Å². The van der Waals surface area contributed by atoms with Gasteiger partial charge in [-0.2, -0.15) is 0 Å². The van der Waals surface area contributed by atoms with Gasteiger partial charge in [-0.15, -0.1) is 0 Å². The Balaban J connectivity index is 2.08. The number of rotatable bonds is 8. The summed E-state index contributed by atoms with van der Waals surface area (Å²) in [5.74, 6) is 0.524. The van der Waals surface area contributed by atoms with Crippen molar-refractivity contribution in [1.29, 1.82) is 0 Å². The summed E-state index contributed by atoms with van der Waals surface area (Å²) < 4.78 is 10.5. The van der Waals surface area contributed by atoms with Gasteiger partial charge >= 0.3 is 5.97 Å². The van der Waals surface area contributed by atoms with Gasteiger partial charge in [0.15, 0.2) is 0 Å². The van der Waals surface area contributed by atoms with Crippen LogP contribution < -0.4 is 14.8 Å². The first-order chi connectivity index (χ1) is 11.1. The number of carboxylic acid groups (broad SMARTS) is 1. The van der Waals surface area contributed by atoms with E-state index >= 15 is 0 Å². The Labute approximate surface area is 135 Å². The molecule has 0 fully saturated rings. The van der Waals surface area contributed by atoms with Crippen LogP contribution in [0.4, 0.5) is 0 Å². The molecule has 0 aliphatic heterocycles. The lowest BCUT2D eigenvalue weighted by atomic mass is 10.1. The molecule has 1 atom stereocenters. The molecule has 0 aliphatic carbocycles. The van der Waals surface area contributed by atoms with E-state index in [1.54, 1.807) is 20.3 Å². The molecule has 0 aliphatic rings. The van der Waals surface area contributed by atoms with E-state index in [1.165, 1.54) is 0 Å². The molecule has 0 aromatic heterocycles. The molecule has 0 saturated carbocycles. The average molecular weight is 315 g/mol. The minimum atomic E-state index is -0.879. The monoisotopic (exact) mass is 315 g/mol. The Morgan fingerprint density at radius 2 is 1.87 bits per heavy atom. The average Bonchev–Trinajstić information content (AvgIpc) is 2.58. The van der Waals surface area contributed by atoms with Crippen molar-refractivity contribution in [2.45, 2.75) is 19.0 Å². The smallest absolute Gasteiger partial charge is 0.321 e. The van der Waals surface area contributed by atoms with Crippen LogP contribution in [0.25, 0.3) is 0 Å². The summed E-state index contributed by atoms with van der Waals surface area (Å²) in [6, 6.07) is 14.3. The molecule has 2 N–H and O–H groups in total. The topological polar surface area (TPSA) is 67.8 Å². The molecule has 0 amide bonds. The van der Waals surface area contributed by atoms with E-state index in [4.69, 9.17) is 9.47 Å². The molecule has 2 rings (SSSR count). The maximum Gasteiger partial charge on any atom is 0.321 e. The van der Waals surface area contributed by atoms with Crippen molar-refractivity contribution in [2.75, 3.05) is 14.2 Å². The zero-order valence-corrected chi connectivity index (χ0v) is 13.3. The van der Waals surface area contributed by atoms with Crippen molar-refractivity contribution >= 4 is 5.97 Å². The molecule has 0 radical (unpaired) electrons. The third-order valence-corrected chi connectivity index (χ3v) is 3.61. The lowest BCUT2D eigenvalue weighted by molar-refractivity contribution is -0.139. The number of hydrogen-bond acceptors (Lipinski definition) is 4. The van der Waals surface area contributed by atoms with Crippen molar-refractivity contribution in [1.82, 2.24) is 5.32 Å². The highest BCUT2D eigenvalue weighted by molar-refractivity contribution is 5.74. The molecule has 0 spiro atoms. The number of methoxy groups -OCH3 is 2. The Morgan fingerprint density at radius 1 is 1.13 bits per heavy atom. The molecule has 0 bridgehead atoms. The molecular formula is C18H21NO4. The predicted molar refractivity (Wildman–Crippen MR) is 88.0 cm³/mol. The van der Waals surface area contributed by atoms with E-state index in [2.05, 4.69) is 5.32 Å². The van der Waals surface area contributed by atoms with Crippen LogP contribution >= 0.6 is 0 Å². The second-order valence-corrected chi connectivity index (χ2v) is 5.14. The van der Waals surface area contributed by atoms with E-state index in [0.717, 1.165) is 11.1 Å². The van der Waals surface area contributed by atoms with Crippen LogP contribution in [0, 0.1) is 0 Å². The predicted octanol–water partition coefficient (Wildman–Crippen LogP) is 2.49. The molecule has 2 aromatic carbocycles. The van der Waals surface area contributed by atoms with E-state index in [-0.39, 0.29) is 0 Å². The number of ether oxygens (including phenoxy) is 2. The van der Waals surface area contributed by atoms with Gasteiger partial charge in [-0.05, 0) is 30.2 Å². The molecular weight excluding hydrogens is 294 g/mol. The first-order valence-electron chi connectivity index (χ1n) is 7.35. The standard InChI is InChI=1S/C18H21NO4/c1-22-15-8-9-17(23-2)14(11-15)12-19-16(18(20)21)10-13-6-4-3-5-7-13/h3-9,11,16,19H,10,12H2,1-2H3,(H,20,21)/t16-/m0/s1. The summed E-state index contributed by atoms with van der Waals surface area (Å²) in [6.45, 7) is 0.379. The highest BCUT2D eigenvalue weighted by Gasteiger charge is 2.18. The first-order valence-corrected chi connectivity index (χ1v) is 7.35. The van der Waals surface area contributed by atoms with Gasteiger partial charge in [-0.25, -0.2) is 0 Å². The lowest BCUT2D eigenvalue weighted by Crippen LogP contribution is -2.38. The summed E-state index contributed by atoms with van der Waals surface area (Å²) in [7, 11) is 3.18. The normalized spacial score (nSPS) is 11.7. The van der Waals surface area contributed by atoms with Crippen LogP contribution in [0.15, 0.2) is 48.5 Å². The van der Waals surface area contributed by atoms with Crippen LogP contribution in [0.1, 0.15) is 11.1 Å². The van der Waals surface area contributed by atoms with E-state index in [0.29, 0.717) is 24.5 Å². The summed E-state index contributed by atoms with van der Waals surface area (Å²) in [6.07, 6.45) is 0.419. The molecule has 122 valence electrons. The van der Waals surface area contributed by atoms with Crippen LogP contribution in [-0.2, 0) is 17.8 Å². The van der Waals surface area contributed by atoms with Crippen molar-refractivity contribution in [3.8, 4) is 11.5 Å². The van der Waals surface area contributed by atoms with Crippen molar-refractivity contribution in [3.63, 3.8) is 0 Å². The number of aliphatic carboxylic acids is 1. The van der Waals surface area contributed by atoms with Gasteiger partial charge < -0.3 is 14.6 Å². The summed E-state index contributed by atoms with van der Waals surface area (Å²) in [5.41, 5.74) is 1.83. The Hall–Kier alpha value is -2.53. The number of benzene rings is 2. The third kappa shape index (κ3) is 4.72. The molecule has 0 saturated heterocycles. The number of hydrogen-bond donors (Lipinski definition) is 2. The maximum atomic E-state index is 11.5. The molecule has 5 heteroatoms. The minimum Gasteiger partial charge on any atom is -0.497 e. The van der Waals surface area contributed by atoms with E-state index in [1.807, 2.05) is 42.5 Å². The fourth-order valence-electron chi connectivity index (χ4n) is 2.35. The third-order valence-electron chi connectivity index (χ3n) is 3.61. The fraction of sp³-hybridized carbons (Fsp3) is 0.278. The highest BCUT2D eigenvalue weighted by atomic mass is 16.5. The van der Waals surface area contributed by atoms with Crippen molar-refractivity contribution < 1.29 is 19.4 Å². The largest absolute Gasteiger partial charge is 0.497 e. The second-order valence-electron chi connectivity index (χ2n) is 5.14. The van der Waals surface area contributed by atoms with Crippen molar-refractivity contribution in [2.24, 2.45) is 0 Å². The Kier molecular flexibility index (Phi) is 6.00. The zero-order valence-electron chi connectivity index (χ0n) is 13.3. The molecule has 0 unspecified atom stereocenters. The van der Waals surface area contributed by atoms with E-state index < -0.39 is 12.0 Å². The highest BCUT2D eigenvalue weighted by Crippen LogP contribution is 2.24. The second kappa shape index (κ2) is 8.19. The molecule has 0 heterocycles. The number of carbonyl (C=O) groups is 1. The van der Waals surface area contributed by atoms with Gasteiger partial charge in [0.1, 0.15) is 17.5 Å². The van der Waals surface area contributed by atoms with Gasteiger partial charge in [-0.3, -0.25) is 10.1 Å². The van der Waals surface area contributed by atoms with Crippen molar-refractivity contribution in [3.05, 3.63) is 59.7 Å². The SMILES string of the molecule is COc1ccc(OC)c(CN[C@@H](Cc2ccccc2)C(=O)O)c1. The van der Waals surface area contributed by atoms with Crippen LogP contribution in [-0.4, -0.2) is 31.3 Å². The van der Waals surface area contributed by atoms with Crippen LogP contribution in [0.5, 0.6) is 11.5 Å². The maximum absolute atomic E-state index is 11.5. The molecule has 5 nitrogen and oxygen atoms in total. The Morgan fingerprint density at radius 3 is 2.48 bits per heavy atom. The number of carboxylic acids is 1. The van der Waals surface area contributed by atoms with Gasteiger partial charge in [0.05, 0.1) is 14.2 Å². The number of nitrogens with one attached hydrogen (secondary N) is 1. The summed E-state index contributed by atoms with van der Waals surface area (Å²) in [5, 5.41) is 12.5. The quantitative estimate of drug-likeness (QED) is 0.783. The zero-order chi connectivity index (χ0) is 16.7. The minimum absolute atomic E-state index is 0.379. The van der Waals surface area contributed by atoms with E-state index in [9.17, 15) is 9.90 Å². The van der Waals surface area contributed by atoms with Gasteiger partial charge in [0.25, 0.3) is 0 Å². The van der Waals surface area contributed by atoms with Gasteiger partial charge in [0.2, 0.25) is 0 Å². The summed E-state index contributed by atoms with van der Waals surface area (Å²) in [4.78, 5) is 11.5. The first kappa shape index (κ1) is 16.8. The summed E-state index contributed by atoms with van der Waals surface area (Å²) >= 11 is 0. The lowest BCUT2D eigenvalue weighted by Gasteiger charge is -2.16. The molecule has 23 heavy (non-hydrogen) atoms.